The first-order valence-electron chi connectivity index (χ1n) is 4.12. The van der Waals surface area contributed by atoms with E-state index in [0.717, 1.165) is 6.07 Å². The molecule has 0 radical (unpaired) electrons. The molecule has 82 valence electrons. The van der Waals surface area contributed by atoms with Gasteiger partial charge in [0.2, 0.25) is 0 Å². The molecule has 0 bridgehead atoms. The minimum absolute atomic E-state index is 0.0395. The summed E-state index contributed by atoms with van der Waals surface area (Å²) in [7, 11) is 0. The van der Waals surface area contributed by atoms with Crippen LogP contribution in [0.4, 0.5) is 18.9 Å². The minimum atomic E-state index is -2.63. The van der Waals surface area contributed by atoms with Crippen molar-refractivity contribution in [1.82, 2.24) is 5.32 Å². The van der Waals surface area contributed by atoms with Crippen LogP contribution < -0.4 is 11.1 Å². The van der Waals surface area contributed by atoms with Crippen LogP contribution in [0.15, 0.2) is 18.2 Å². The smallest absolute Gasteiger partial charge is 0.255 e. The van der Waals surface area contributed by atoms with E-state index in [4.69, 9.17) is 5.73 Å². The molecule has 0 saturated carbocycles. The minimum Gasteiger partial charge on any atom is -0.396 e. The lowest BCUT2D eigenvalue weighted by Gasteiger charge is -2.05. The van der Waals surface area contributed by atoms with Crippen LogP contribution >= 0.6 is 0 Å². The average molecular weight is 218 g/mol. The maximum Gasteiger partial charge on any atom is 0.255 e. The second kappa shape index (κ2) is 4.68. The van der Waals surface area contributed by atoms with Crippen LogP contribution in [0, 0.1) is 5.82 Å². The number of alkyl halides is 2. The Morgan fingerprint density at radius 3 is 2.67 bits per heavy atom. The van der Waals surface area contributed by atoms with Crippen molar-refractivity contribution >= 4 is 11.6 Å². The van der Waals surface area contributed by atoms with Gasteiger partial charge < -0.3 is 11.1 Å². The van der Waals surface area contributed by atoms with Crippen LogP contribution in [0.3, 0.4) is 0 Å². The summed E-state index contributed by atoms with van der Waals surface area (Å²) in [6.45, 7) is -0.759. The number of nitrogens with one attached hydrogen (secondary N) is 1. The number of carbonyl (C=O) groups excluding carboxylic acids is 1. The molecule has 0 fully saturated rings. The zero-order valence-corrected chi connectivity index (χ0v) is 7.64. The summed E-state index contributed by atoms with van der Waals surface area (Å²) in [5.74, 6) is -1.51. The molecule has 1 aromatic carbocycles. The van der Waals surface area contributed by atoms with Crippen molar-refractivity contribution in [1.29, 1.82) is 0 Å². The Labute approximate surface area is 84.1 Å². The van der Waals surface area contributed by atoms with Gasteiger partial charge in [-0.05, 0) is 18.2 Å². The average Bonchev–Trinajstić information content (AvgIpc) is 2.18. The van der Waals surface area contributed by atoms with Gasteiger partial charge in [-0.25, -0.2) is 13.2 Å². The zero-order valence-electron chi connectivity index (χ0n) is 7.64. The van der Waals surface area contributed by atoms with E-state index in [1.165, 1.54) is 12.1 Å². The van der Waals surface area contributed by atoms with Gasteiger partial charge in [0.15, 0.2) is 0 Å². The second-order valence-corrected chi connectivity index (χ2v) is 2.84. The maximum absolute atomic E-state index is 12.9. The summed E-state index contributed by atoms with van der Waals surface area (Å²) in [6.07, 6.45) is -2.63. The van der Waals surface area contributed by atoms with E-state index in [1.54, 1.807) is 0 Å². The summed E-state index contributed by atoms with van der Waals surface area (Å²) in [5, 5.41) is 1.95. The second-order valence-electron chi connectivity index (χ2n) is 2.84. The number of nitrogen functional groups attached to an aromatic ring is 1. The fourth-order valence-corrected chi connectivity index (χ4v) is 0.940. The molecule has 0 atom stereocenters. The number of halogens is 3. The zero-order chi connectivity index (χ0) is 11.4. The van der Waals surface area contributed by atoms with Crippen molar-refractivity contribution in [3.63, 3.8) is 0 Å². The fraction of sp³-hybridized carbons (Fsp3) is 0.222. The SMILES string of the molecule is Nc1ccc(C(=O)NCC(F)F)cc1F. The molecule has 3 nitrogen and oxygen atoms in total. The molecule has 0 aliphatic carbocycles. The summed E-state index contributed by atoms with van der Waals surface area (Å²) < 4.78 is 36.4. The molecule has 0 aromatic heterocycles. The van der Waals surface area contributed by atoms with E-state index < -0.39 is 24.7 Å². The molecule has 1 aromatic rings. The van der Waals surface area contributed by atoms with E-state index in [0.29, 0.717) is 0 Å². The van der Waals surface area contributed by atoms with Crippen molar-refractivity contribution in [2.45, 2.75) is 6.43 Å². The van der Waals surface area contributed by atoms with Gasteiger partial charge >= 0.3 is 0 Å². The van der Waals surface area contributed by atoms with Crippen molar-refractivity contribution in [2.75, 3.05) is 12.3 Å². The predicted molar refractivity (Wildman–Crippen MR) is 49.1 cm³/mol. The number of amides is 1. The van der Waals surface area contributed by atoms with Gasteiger partial charge in [-0.1, -0.05) is 0 Å². The van der Waals surface area contributed by atoms with Crippen LogP contribution in [0.2, 0.25) is 0 Å². The fourth-order valence-electron chi connectivity index (χ4n) is 0.940. The van der Waals surface area contributed by atoms with Gasteiger partial charge in [-0.15, -0.1) is 0 Å². The van der Waals surface area contributed by atoms with Crippen LogP contribution in [-0.4, -0.2) is 18.9 Å². The van der Waals surface area contributed by atoms with E-state index in [9.17, 15) is 18.0 Å². The van der Waals surface area contributed by atoms with Crippen molar-refractivity contribution in [3.05, 3.63) is 29.6 Å². The van der Waals surface area contributed by atoms with Gasteiger partial charge in [0.05, 0.1) is 12.2 Å². The maximum atomic E-state index is 12.9. The standard InChI is InChI=1S/C9H9F3N2O/c10-6-3-5(1-2-7(6)13)9(15)14-4-8(11)12/h1-3,8H,4,13H2,(H,14,15). The van der Waals surface area contributed by atoms with Crippen LogP contribution in [0.25, 0.3) is 0 Å². The lowest BCUT2D eigenvalue weighted by molar-refractivity contribution is 0.0891. The molecule has 0 aliphatic heterocycles. The topological polar surface area (TPSA) is 55.1 Å². The molecule has 15 heavy (non-hydrogen) atoms. The van der Waals surface area contributed by atoms with E-state index >= 15 is 0 Å². The highest BCUT2D eigenvalue weighted by Crippen LogP contribution is 2.11. The molecule has 0 heterocycles. The Kier molecular flexibility index (Phi) is 3.54. The van der Waals surface area contributed by atoms with Crippen molar-refractivity contribution in [2.24, 2.45) is 0 Å². The first-order chi connectivity index (χ1) is 7.00. The molecule has 0 unspecified atom stereocenters. The molecular weight excluding hydrogens is 209 g/mol. The summed E-state index contributed by atoms with van der Waals surface area (Å²) >= 11 is 0. The van der Waals surface area contributed by atoms with Gasteiger partial charge in [-0.3, -0.25) is 4.79 Å². The molecule has 1 rings (SSSR count). The quantitative estimate of drug-likeness (QED) is 0.753. The first-order valence-corrected chi connectivity index (χ1v) is 4.12. The van der Waals surface area contributed by atoms with Crippen LogP contribution in [0.5, 0.6) is 0 Å². The highest BCUT2D eigenvalue weighted by atomic mass is 19.3. The number of rotatable bonds is 3. The number of anilines is 1. The van der Waals surface area contributed by atoms with Crippen molar-refractivity contribution < 1.29 is 18.0 Å². The largest absolute Gasteiger partial charge is 0.396 e. The van der Waals surface area contributed by atoms with Gasteiger partial charge in [0, 0.05) is 5.56 Å². The van der Waals surface area contributed by atoms with Gasteiger partial charge in [0.25, 0.3) is 12.3 Å². The van der Waals surface area contributed by atoms with E-state index in [1.807, 2.05) is 5.32 Å². The molecule has 0 saturated heterocycles. The number of benzene rings is 1. The number of hydrogen-bond donors (Lipinski definition) is 2. The summed E-state index contributed by atoms with van der Waals surface area (Å²) in [6, 6.07) is 3.36. The first kappa shape index (κ1) is 11.4. The predicted octanol–water partition coefficient (Wildman–Crippen LogP) is 1.40. The molecular formula is C9H9F3N2O. The normalized spacial score (nSPS) is 10.4. The molecule has 1 amide bonds. The molecule has 0 aliphatic rings. The van der Waals surface area contributed by atoms with Crippen LogP contribution in [0.1, 0.15) is 10.4 Å². The Balaban J connectivity index is 2.70. The highest BCUT2D eigenvalue weighted by Gasteiger charge is 2.10. The summed E-state index contributed by atoms with van der Waals surface area (Å²) in [5.41, 5.74) is 5.05. The van der Waals surface area contributed by atoms with Gasteiger partial charge in [-0.2, -0.15) is 0 Å². The Hall–Kier alpha value is -1.72. The monoisotopic (exact) mass is 218 g/mol. The Bertz CT molecular complexity index is 368. The Morgan fingerprint density at radius 2 is 2.13 bits per heavy atom. The molecule has 0 spiro atoms. The van der Waals surface area contributed by atoms with Crippen LogP contribution in [-0.2, 0) is 0 Å². The third-order valence-electron chi connectivity index (χ3n) is 1.68. The highest BCUT2D eigenvalue weighted by molar-refractivity contribution is 5.94. The van der Waals surface area contributed by atoms with Crippen molar-refractivity contribution in [3.8, 4) is 0 Å². The van der Waals surface area contributed by atoms with Gasteiger partial charge in [0.1, 0.15) is 5.82 Å². The number of hydrogen-bond acceptors (Lipinski definition) is 2. The third kappa shape index (κ3) is 3.16. The number of carbonyl (C=O) groups is 1. The van der Waals surface area contributed by atoms with E-state index in [-0.39, 0.29) is 11.3 Å². The molecule has 6 heteroatoms. The third-order valence-corrected chi connectivity index (χ3v) is 1.68. The number of nitrogens with two attached hydrogens (primary N) is 1. The lowest BCUT2D eigenvalue weighted by atomic mass is 10.2. The van der Waals surface area contributed by atoms with E-state index in [2.05, 4.69) is 0 Å². The Morgan fingerprint density at radius 1 is 1.47 bits per heavy atom. The molecule has 3 N–H and O–H groups in total. The lowest BCUT2D eigenvalue weighted by Crippen LogP contribution is -2.28. The summed E-state index contributed by atoms with van der Waals surface area (Å²) in [4.78, 5) is 11.2.